The summed E-state index contributed by atoms with van der Waals surface area (Å²) >= 11 is 0. The molecule has 0 bridgehead atoms. The molecule has 0 radical (unpaired) electrons. The Morgan fingerprint density at radius 1 is 0.781 bits per heavy atom. The van der Waals surface area contributed by atoms with Crippen LogP contribution in [0.15, 0.2) is 59.5 Å². The molecule has 6 nitrogen and oxygen atoms in total. The van der Waals surface area contributed by atoms with Crippen molar-refractivity contribution in [1.82, 2.24) is 10.2 Å². The van der Waals surface area contributed by atoms with Crippen molar-refractivity contribution in [3.8, 4) is 11.3 Å². The molecule has 166 valence electrons. The molecule has 0 amide bonds. The van der Waals surface area contributed by atoms with Crippen LogP contribution in [0.4, 0.5) is 11.5 Å². The maximum Gasteiger partial charge on any atom is 0.261 e. The van der Waals surface area contributed by atoms with Gasteiger partial charge in [-0.25, -0.2) is 8.42 Å². The van der Waals surface area contributed by atoms with Gasteiger partial charge < -0.3 is 4.90 Å². The van der Waals surface area contributed by atoms with E-state index in [4.69, 9.17) is 0 Å². The Kier molecular flexibility index (Phi) is 5.83. The lowest BCUT2D eigenvalue weighted by atomic mass is 9.92. The first-order chi connectivity index (χ1) is 15.6. The van der Waals surface area contributed by atoms with Gasteiger partial charge in [-0.3, -0.25) is 4.72 Å². The topological polar surface area (TPSA) is 75.2 Å². The molecular weight excluding hydrogens is 420 g/mol. The van der Waals surface area contributed by atoms with Crippen LogP contribution in [0.1, 0.15) is 43.2 Å². The highest BCUT2D eigenvalue weighted by atomic mass is 32.2. The fraction of sp³-hybridized carbons (Fsp3) is 0.360. The highest BCUT2D eigenvalue weighted by Crippen LogP contribution is 2.27. The molecule has 1 aliphatic carbocycles. The lowest BCUT2D eigenvalue weighted by Crippen LogP contribution is -2.30. The predicted molar refractivity (Wildman–Crippen MR) is 127 cm³/mol. The fourth-order valence-corrected chi connectivity index (χ4v) is 5.70. The van der Waals surface area contributed by atoms with Gasteiger partial charge in [0.2, 0.25) is 0 Å². The Labute approximate surface area is 189 Å². The fourth-order valence-electron chi connectivity index (χ4n) is 4.60. The molecule has 5 rings (SSSR count). The minimum absolute atomic E-state index is 0.314. The van der Waals surface area contributed by atoms with Crippen LogP contribution in [0.25, 0.3) is 11.3 Å². The highest BCUT2D eigenvalue weighted by molar-refractivity contribution is 7.92. The number of nitrogens with one attached hydrogen (secondary N) is 1. The van der Waals surface area contributed by atoms with Crippen LogP contribution < -0.4 is 9.62 Å². The van der Waals surface area contributed by atoms with Crippen molar-refractivity contribution in [2.45, 2.75) is 49.8 Å². The number of hydrogen-bond acceptors (Lipinski definition) is 5. The molecule has 1 N–H and O–H groups in total. The molecule has 0 spiro atoms. The molecule has 0 unspecified atom stereocenters. The second kappa shape index (κ2) is 8.90. The van der Waals surface area contributed by atoms with Gasteiger partial charge in [-0.15, -0.1) is 10.2 Å². The number of fused-ring (bicyclic) bond motifs is 1. The lowest BCUT2D eigenvalue weighted by molar-refractivity contribution is 0.571. The summed E-state index contributed by atoms with van der Waals surface area (Å²) in [7, 11) is -3.66. The van der Waals surface area contributed by atoms with Crippen molar-refractivity contribution >= 4 is 21.5 Å². The van der Waals surface area contributed by atoms with E-state index >= 15 is 0 Å². The Balaban J connectivity index is 1.35. The third kappa shape index (κ3) is 4.48. The van der Waals surface area contributed by atoms with Crippen molar-refractivity contribution in [1.29, 1.82) is 0 Å². The van der Waals surface area contributed by atoms with E-state index < -0.39 is 10.0 Å². The van der Waals surface area contributed by atoms with Crippen LogP contribution in [-0.4, -0.2) is 31.7 Å². The number of rotatable bonds is 5. The zero-order valence-electron chi connectivity index (χ0n) is 18.1. The molecule has 7 heteroatoms. The van der Waals surface area contributed by atoms with Gasteiger partial charge in [0.05, 0.1) is 10.6 Å². The van der Waals surface area contributed by atoms with E-state index in [1.54, 1.807) is 18.2 Å². The third-order valence-corrected chi connectivity index (χ3v) is 7.75. The summed E-state index contributed by atoms with van der Waals surface area (Å²) in [5.41, 5.74) is 4.48. The monoisotopic (exact) mass is 448 g/mol. The maximum absolute atomic E-state index is 13.0. The Morgan fingerprint density at radius 2 is 1.59 bits per heavy atom. The zero-order valence-corrected chi connectivity index (χ0v) is 18.9. The standard InChI is InChI=1S/C25H28N4O2S/c30-32(31,23-12-11-19-7-2-3-8-20(19)18-23)28-22-10-6-9-21(17-22)24-13-14-25(27-26-24)29-15-4-1-5-16-29/h6,9-14,17-18,28H,1-5,7-8,15-16H2. The molecule has 2 aliphatic rings. The van der Waals surface area contributed by atoms with Gasteiger partial charge in [-0.1, -0.05) is 18.2 Å². The van der Waals surface area contributed by atoms with Crippen molar-refractivity contribution in [3.05, 3.63) is 65.7 Å². The van der Waals surface area contributed by atoms with E-state index in [9.17, 15) is 8.42 Å². The summed E-state index contributed by atoms with van der Waals surface area (Å²) in [6, 6.07) is 16.8. The molecule has 32 heavy (non-hydrogen) atoms. The van der Waals surface area contributed by atoms with Crippen molar-refractivity contribution in [2.24, 2.45) is 0 Å². The third-order valence-electron chi connectivity index (χ3n) is 6.37. The largest absolute Gasteiger partial charge is 0.355 e. The number of hydrogen-bond donors (Lipinski definition) is 1. The minimum atomic E-state index is -3.66. The zero-order chi connectivity index (χ0) is 22.0. The molecule has 1 fully saturated rings. The second-order valence-electron chi connectivity index (χ2n) is 8.65. The van der Waals surface area contributed by atoms with Crippen LogP contribution in [-0.2, 0) is 22.9 Å². The van der Waals surface area contributed by atoms with Crippen LogP contribution in [0.2, 0.25) is 0 Å². The first-order valence-corrected chi connectivity index (χ1v) is 12.9. The molecule has 2 heterocycles. The predicted octanol–water partition coefficient (Wildman–Crippen LogP) is 4.81. The van der Waals surface area contributed by atoms with Crippen molar-refractivity contribution < 1.29 is 8.42 Å². The van der Waals surface area contributed by atoms with E-state index in [1.165, 1.54) is 31.2 Å². The quantitative estimate of drug-likeness (QED) is 0.606. The summed E-state index contributed by atoms with van der Waals surface area (Å²) in [6.07, 6.45) is 7.92. The normalized spacial score (nSPS) is 16.4. The van der Waals surface area contributed by atoms with E-state index in [0.717, 1.165) is 55.0 Å². The summed E-state index contributed by atoms with van der Waals surface area (Å²) in [4.78, 5) is 2.58. The number of nitrogens with zero attached hydrogens (tertiary/aromatic N) is 3. The first kappa shape index (κ1) is 20.9. The smallest absolute Gasteiger partial charge is 0.261 e. The number of piperidine rings is 1. The summed E-state index contributed by atoms with van der Waals surface area (Å²) in [6.45, 7) is 2.04. The van der Waals surface area contributed by atoms with E-state index in [1.807, 2.05) is 36.4 Å². The van der Waals surface area contributed by atoms with Crippen LogP contribution >= 0.6 is 0 Å². The van der Waals surface area contributed by atoms with Gasteiger partial charge >= 0.3 is 0 Å². The molecule has 1 aromatic heterocycles. The summed E-state index contributed by atoms with van der Waals surface area (Å²) < 4.78 is 28.8. The van der Waals surface area contributed by atoms with Crippen molar-refractivity contribution in [2.75, 3.05) is 22.7 Å². The Bertz CT molecular complexity index is 1200. The molecular formula is C25H28N4O2S. The SMILES string of the molecule is O=S(=O)(Nc1cccc(-c2ccc(N3CCCCC3)nn2)c1)c1ccc2c(c1)CCCC2. The van der Waals surface area contributed by atoms with Crippen LogP contribution in [0.5, 0.6) is 0 Å². The average molecular weight is 449 g/mol. The molecule has 0 atom stereocenters. The number of benzene rings is 2. The van der Waals surface area contributed by atoms with Crippen LogP contribution in [0, 0.1) is 0 Å². The van der Waals surface area contributed by atoms with E-state index in [-0.39, 0.29) is 0 Å². The molecule has 0 saturated carbocycles. The Hall–Kier alpha value is -2.93. The number of aryl methyl sites for hydroxylation is 2. The van der Waals surface area contributed by atoms with Gasteiger partial charge in [0.25, 0.3) is 10.0 Å². The molecule has 1 aliphatic heterocycles. The van der Waals surface area contributed by atoms with Gasteiger partial charge in [-0.05, 0) is 92.5 Å². The number of aromatic nitrogens is 2. The maximum atomic E-state index is 13.0. The first-order valence-electron chi connectivity index (χ1n) is 11.4. The van der Waals surface area contributed by atoms with Gasteiger partial charge in [0.1, 0.15) is 0 Å². The Morgan fingerprint density at radius 3 is 2.38 bits per heavy atom. The van der Waals surface area contributed by atoms with Crippen LogP contribution in [0.3, 0.4) is 0 Å². The van der Waals surface area contributed by atoms with E-state index in [0.29, 0.717) is 10.6 Å². The number of anilines is 2. The van der Waals surface area contributed by atoms with Gasteiger partial charge in [0, 0.05) is 24.3 Å². The van der Waals surface area contributed by atoms with Gasteiger partial charge in [0.15, 0.2) is 5.82 Å². The van der Waals surface area contributed by atoms with Crippen molar-refractivity contribution in [3.63, 3.8) is 0 Å². The number of sulfonamides is 1. The molecule has 2 aromatic carbocycles. The minimum Gasteiger partial charge on any atom is -0.355 e. The summed E-state index contributed by atoms with van der Waals surface area (Å²) in [5, 5.41) is 8.81. The second-order valence-corrected chi connectivity index (χ2v) is 10.3. The highest BCUT2D eigenvalue weighted by Gasteiger charge is 2.18. The molecule has 3 aromatic rings. The average Bonchev–Trinajstić information content (AvgIpc) is 2.84. The van der Waals surface area contributed by atoms with Gasteiger partial charge in [-0.2, -0.15) is 0 Å². The molecule has 1 saturated heterocycles. The van der Waals surface area contributed by atoms with E-state index in [2.05, 4.69) is 19.8 Å². The lowest BCUT2D eigenvalue weighted by Gasteiger charge is -2.27. The summed E-state index contributed by atoms with van der Waals surface area (Å²) in [5.74, 6) is 0.901.